The Kier molecular flexibility index (Phi) is 5.61. The molecule has 0 aliphatic carbocycles. The highest BCUT2D eigenvalue weighted by molar-refractivity contribution is 9.10. The molecule has 1 fully saturated rings. The fourth-order valence-corrected chi connectivity index (χ4v) is 3.05. The van der Waals surface area contributed by atoms with Crippen molar-refractivity contribution in [2.45, 2.75) is 18.9 Å². The monoisotopic (exact) mass is 373 g/mol. The zero-order chi connectivity index (χ0) is 15.4. The van der Waals surface area contributed by atoms with E-state index in [0.29, 0.717) is 15.1 Å². The Morgan fingerprint density at radius 1 is 1.38 bits per heavy atom. The molecule has 1 aromatic rings. The number of hydrogen-bond acceptors (Lipinski definition) is 3. The van der Waals surface area contributed by atoms with Gasteiger partial charge in [-0.05, 0) is 54.0 Å². The number of rotatable bonds is 4. The minimum atomic E-state index is -0.520. The minimum Gasteiger partial charge on any atom is -0.368 e. The average molecular weight is 375 g/mol. The summed E-state index contributed by atoms with van der Waals surface area (Å²) in [6, 6.07) is 5.17. The first kappa shape index (κ1) is 16.3. The smallest absolute Gasteiger partial charge is 0.256 e. The van der Waals surface area contributed by atoms with Gasteiger partial charge in [-0.2, -0.15) is 0 Å². The molecule has 0 atom stereocenters. The normalized spacial score (nSPS) is 15.7. The van der Waals surface area contributed by atoms with E-state index in [1.165, 1.54) is 4.90 Å². The van der Waals surface area contributed by atoms with Crippen LogP contribution in [0, 0.1) is 0 Å². The van der Waals surface area contributed by atoms with Gasteiger partial charge >= 0.3 is 0 Å². The highest BCUT2D eigenvalue weighted by Gasteiger charge is 2.28. The van der Waals surface area contributed by atoms with Crippen LogP contribution < -0.4 is 11.1 Å². The fourth-order valence-electron chi connectivity index (χ4n) is 2.48. The quantitative estimate of drug-likeness (QED) is 0.843. The van der Waals surface area contributed by atoms with Crippen LogP contribution in [0.15, 0.2) is 22.7 Å². The van der Waals surface area contributed by atoms with Gasteiger partial charge in [0, 0.05) is 10.5 Å². The number of piperidine rings is 1. The summed E-state index contributed by atoms with van der Waals surface area (Å²) in [6.45, 7) is 1.55. The number of amides is 2. The molecule has 0 spiro atoms. The van der Waals surface area contributed by atoms with Gasteiger partial charge in [0.05, 0.1) is 17.1 Å². The summed E-state index contributed by atoms with van der Waals surface area (Å²) in [5, 5.41) is 3.59. The molecule has 0 aromatic heterocycles. The molecule has 3 N–H and O–H groups in total. The minimum absolute atomic E-state index is 0.00120. The molecule has 1 heterocycles. The first-order valence-electron chi connectivity index (χ1n) is 6.74. The summed E-state index contributed by atoms with van der Waals surface area (Å²) in [7, 11) is 0. The van der Waals surface area contributed by atoms with Crippen LogP contribution in [0.2, 0.25) is 5.02 Å². The fraction of sp³-hybridized carbons (Fsp3) is 0.429. The van der Waals surface area contributed by atoms with Crippen molar-refractivity contribution < 1.29 is 9.59 Å². The van der Waals surface area contributed by atoms with Crippen molar-refractivity contribution in [2.24, 2.45) is 5.73 Å². The lowest BCUT2D eigenvalue weighted by atomic mass is 10.0. The number of nitrogens with zero attached hydrogens (tertiary/aromatic N) is 1. The van der Waals surface area contributed by atoms with Crippen molar-refractivity contribution in [2.75, 3.05) is 19.6 Å². The molecule has 0 unspecified atom stereocenters. The van der Waals surface area contributed by atoms with Crippen molar-refractivity contribution in [3.05, 3.63) is 33.3 Å². The molecular formula is C14H17BrClN3O2. The third-order valence-corrected chi connectivity index (χ3v) is 4.81. The summed E-state index contributed by atoms with van der Waals surface area (Å²) >= 11 is 9.49. The van der Waals surface area contributed by atoms with Crippen LogP contribution in [0.5, 0.6) is 0 Å². The van der Waals surface area contributed by atoms with Crippen LogP contribution in [0.25, 0.3) is 0 Å². The number of nitrogens with two attached hydrogens (primary N) is 1. The van der Waals surface area contributed by atoms with E-state index < -0.39 is 5.91 Å². The maximum atomic E-state index is 12.7. The summed E-state index contributed by atoms with van der Waals surface area (Å²) in [5.74, 6) is -0.778. The van der Waals surface area contributed by atoms with Gasteiger partial charge in [-0.15, -0.1) is 0 Å². The van der Waals surface area contributed by atoms with E-state index >= 15 is 0 Å². The van der Waals surface area contributed by atoms with E-state index in [9.17, 15) is 9.59 Å². The van der Waals surface area contributed by atoms with Gasteiger partial charge < -0.3 is 16.0 Å². The maximum absolute atomic E-state index is 12.7. The van der Waals surface area contributed by atoms with E-state index in [-0.39, 0.29) is 18.5 Å². The topological polar surface area (TPSA) is 75.4 Å². The zero-order valence-corrected chi connectivity index (χ0v) is 13.8. The second-order valence-electron chi connectivity index (χ2n) is 4.98. The van der Waals surface area contributed by atoms with Gasteiger partial charge in [-0.3, -0.25) is 9.59 Å². The van der Waals surface area contributed by atoms with Gasteiger partial charge in [0.2, 0.25) is 5.91 Å². The van der Waals surface area contributed by atoms with E-state index in [0.717, 1.165) is 25.9 Å². The number of halogens is 2. The Bertz CT molecular complexity index is 547. The molecule has 21 heavy (non-hydrogen) atoms. The predicted octanol–water partition coefficient (Wildman–Crippen LogP) is 1.78. The van der Waals surface area contributed by atoms with Crippen LogP contribution >= 0.6 is 27.5 Å². The molecule has 5 nitrogen and oxygen atoms in total. The summed E-state index contributed by atoms with van der Waals surface area (Å²) in [5.41, 5.74) is 5.67. The number of nitrogens with one attached hydrogen (secondary N) is 1. The van der Waals surface area contributed by atoms with Crippen LogP contribution in [-0.2, 0) is 4.79 Å². The number of carbonyl (C=O) groups is 2. The number of hydrogen-bond donors (Lipinski definition) is 2. The second-order valence-corrected chi connectivity index (χ2v) is 6.21. The van der Waals surface area contributed by atoms with E-state index in [4.69, 9.17) is 17.3 Å². The lowest BCUT2D eigenvalue weighted by Crippen LogP contribution is -2.49. The average Bonchev–Trinajstić information content (AvgIpc) is 2.48. The van der Waals surface area contributed by atoms with Crippen LogP contribution in [0.3, 0.4) is 0 Å². The van der Waals surface area contributed by atoms with E-state index in [2.05, 4.69) is 21.2 Å². The van der Waals surface area contributed by atoms with Gasteiger partial charge in [-0.1, -0.05) is 17.7 Å². The molecule has 1 saturated heterocycles. The Balaban J connectivity index is 2.28. The molecule has 1 aliphatic rings. The van der Waals surface area contributed by atoms with E-state index in [1.807, 2.05) is 0 Å². The Hall–Kier alpha value is -1.11. The first-order valence-corrected chi connectivity index (χ1v) is 7.92. The molecule has 0 saturated carbocycles. The lowest BCUT2D eigenvalue weighted by molar-refractivity contribution is -0.119. The van der Waals surface area contributed by atoms with Crippen LogP contribution in [-0.4, -0.2) is 42.4 Å². The third kappa shape index (κ3) is 3.96. The Morgan fingerprint density at radius 2 is 2.05 bits per heavy atom. The second kappa shape index (κ2) is 7.24. The number of carbonyl (C=O) groups excluding carboxylic acids is 2. The summed E-state index contributed by atoms with van der Waals surface area (Å²) < 4.78 is 0.652. The van der Waals surface area contributed by atoms with Crippen molar-refractivity contribution >= 4 is 39.3 Å². The van der Waals surface area contributed by atoms with Gasteiger partial charge in [0.25, 0.3) is 5.91 Å². The number of benzene rings is 1. The van der Waals surface area contributed by atoms with Crippen molar-refractivity contribution in [3.8, 4) is 0 Å². The Labute approximate surface area is 136 Å². The summed E-state index contributed by atoms with van der Waals surface area (Å²) in [6.07, 6.45) is 1.59. The Morgan fingerprint density at radius 3 is 2.67 bits per heavy atom. The van der Waals surface area contributed by atoms with Gasteiger partial charge in [0.1, 0.15) is 0 Å². The lowest BCUT2D eigenvalue weighted by Gasteiger charge is -2.34. The summed E-state index contributed by atoms with van der Waals surface area (Å²) in [4.78, 5) is 25.6. The molecule has 2 rings (SSSR count). The SMILES string of the molecule is NC(=O)CN(C(=O)c1cccc(Br)c1Cl)C1CCNCC1. The predicted molar refractivity (Wildman–Crippen MR) is 85.3 cm³/mol. The first-order chi connectivity index (χ1) is 10.0. The van der Waals surface area contributed by atoms with Crippen LogP contribution in [0.1, 0.15) is 23.2 Å². The van der Waals surface area contributed by atoms with Gasteiger partial charge in [0.15, 0.2) is 0 Å². The maximum Gasteiger partial charge on any atom is 0.256 e. The molecule has 1 aliphatic heterocycles. The van der Waals surface area contributed by atoms with Crippen molar-refractivity contribution in [1.29, 1.82) is 0 Å². The van der Waals surface area contributed by atoms with Gasteiger partial charge in [-0.25, -0.2) is 0 Å². The standard InChI is InChI=1S/C14H17BrClN3O2/c15-11-3-1-2-10(13(11)16)14(21)19(8-12(17)20)9-4-6-18-7-5-9/h1-3,9,18H,4-8H2,(H2,17,20). The molecule has 114 valence electrons. The highest BCUT2D eigenvalue weighted by atomic mass is 79.9. The number of primary amides is 1. The molecule has 2 amide bonds. The molecular weight excluding hydrogens is 358 g/mol. The molecule has 1 aromatic carbocycles. The molecule has 0 bridgehead atoms. The van der Waals surface area contributed by atoms with E-state index in [1.54, 1.807) is 18.2 Å². The third-order valence-electron chi connectivity index (χ3n) is 3.52. The van der Waals surface area contributed by atoms with Crippen LogP contribution in [0.4, 0.5) is 0 Å². The zero-order valence-electron chi connectivity index (χ0n) is 11.4. The highest BCUT2D eigenvalue weighted by Crippen LogP contribution is 2.28. The van der Waals surface area contributed by atoms with Crippen molar-refractivity contribution in [1.82, 2.24) is 10.2 Å². The molecule has 7 heteroatoms. The van der Waals surface area contributed by atoms with Crippen molar-refractivity contribution in [3.63, 3.8) is 0 Å². The largest absolute Gasteiger partial charge is 0.368 e. The molecule has 0 radical (unpaired) electrons.